The first-order chi connectivity index (χ1) is 16.5. The second-order valence-electron chi connectivity index (χ2n) is 9.32. The van der Waals surface area contributed by atoms with Crippen LogP contribution in [-0.2, 0) is 16.9 Å². The van der Waals surface area contributed by atoms with Crippen LogP contribution >= 0.6 is 0 Å². The van der Waals surface area contributed by atoms with Gasteiger partial charge in [0.05, 0.1) is 23.5 Å². The standard InChI is InChI=1S/C27H30N4O4/c1-16(2)19-8-7-9-20(12-19)27(5,6)29-26(33)28-21-10-11-24-23(13-21)31(25(32)15-34-24)14-22-17(3)30-35-18(22)4/h7-13H,1,14-15H2,2-6H3,(H2,28,29,33). The number of hydrogen-bond acceptors (Lipinski definition) is 5. The molecule has 35 heavy (non-hydrogen) atoms. The van der Waals surface area contributed by atoms with Crippen molar-refractivity contribution in [3.63, 3.8) is 0 Å². The van der Waals surface area contributed by atoms with Gasteiger partial charge in [-0.1, -0.05) is 35.5 Å². The molecule has 0 atom stereocenters. The van der Waals surface area contributed by atoms with Crippen LogP contribution in [0.25, 0.3) is 5.57 Å². The predicted octanol–water partition coefficient (Wildman–Crippen LogP) is 5.31. The fourth-order valence-electron chi connectivity index (χ4n) is 4.03. The Balaban J connectivity index is 1.53. The largest absolute Gasteiger partial charge is 0.482 e. The second-order valence-corrected chi connectivity index (χ2v) is 9.32. The minimum atomic E-state index is -0.627. The van der Waals surface area contributed by atoms with Crippen molar-refractivity contribution in [2.75, 3.05) is 16.8 Å². The molecular weight excluding hydrogens is 444 g/mol. The van der Waals surface area contributed by atoms with Crippen LogP contribution in [0.15, 0.2) is 53.6 Å². The maximum Gasteiger partial charge on any atom is 0.319 e. The number of rotatable bonds is 6. The quantitative estimate of drug-likeness (QED) is 0.505. The first-order valence-electron chi connectivity index (χ1n) is 11.4. The Morgan fingerprint density at radius 1 is 1.20 bits per heavy atom. The van der Waals surface area contributed by atoms with Gasteiger partial charge in [-0.25, -0.2) is 4.79 Å². The van der Waals surface area contributed by atoms with Gasteiger partial charge in [-0.15, -0.1) is 0 Å². The Bertz CT molecular complexity index is 1290. The van der Waals surface area contributed by atoms with E-state index in [1.165, 1.54) is 0 Å². The van der Waals surface area contributed by atoms with Crippen LogP contribution in [0.1, 0.15) is 48.9 Å². The molecule has 3 aromatic rings. The SMILES string of the molecule is C=C(C)c1cccc(C(C)(C)NC(=O)Nc2ccc3c(c2)N(Cc2c(C)noc2C)C(=O)CO3)c1. The average molecular weight is 475 g/mol. The average Bonchev–Trinajstić information content (AvgIpc) is 3.12. The third-order valence-corrected chi connectivity index (χ3v) is 6.16. The van der Waals surface area contributed by atoms with Crippen LogP contribution in [0.5, 0.6) is 5.75 Å². The van der Waals surface area contributed by atoms with Gasteiger partial charge in [-0.3, -0.25) is 4.79 Å². The van der Waals surface area contributed by atoms with E-state index in [0.717, 1.165) is 28.0 Å². The zero-order valence-electron chi connectivity index (χ0n) is 20.7. The van der Waals surface area contributed by atoms with E-state index >= 15 is 0 Å². The van der Waals surface area contributed by atoms with Crippen LogP contribution in [0.2, 0.25) is 0 Å². The van der Waals surface area contributed by atoms with Crippen molar-refractivity contribution < 1.29 is 18.8 Å². The molecule has 2 N–H and O–H groups in total. The lowest BCUT2D eigenvalue weighted by Crippen LogP contribution is -2.43. The summed E-state index contributed by atoms with van der Waals surface area (Å²) in [5.74, 6) is 1.05. The molecule has 0 aliphatic carbocycles. The maximum absolute atomic E-state index is 12.9. The summed E-state index contributed by atoms with van der Waals surface area (Å²) in [6.45, 7) is 13.7. The van der Waals surface area contributed by atoms with E-state index in [1.54, 1.807) is 23.1 Å². The summed E-state index contributed by atoms with van der Waals surface area (Å²) >= 11 is 0. The summed E-state index contributed by atoms with van der Waals surface area (Å²) in [6.07, 6.45) is 0. The smallest absolute Gasteiger partial charge is 0.319 e. The molecule has 1 aromatic heterocycles. The van der Waals surface area contributed by atoms with Crippen molar-refractivity contribution in [3.8, 4) is 5.75 Å². The summed E-state index contributed by atoms with van der Waals surface area (Å²) < 4.78 is 10.9. The third-order valence-electron chi connectivity index (χ3n) is 6.16. The van der Waals surface area contributed by atoms with Crippen molar-refractivity contribution in [2.24, 2.45) is 0 Å². The fraction of sp³-hybridized carbons (Fsp3) is 0.296. The minimum absolute atomic E-state index is 0.0545. The number of allylic oxidation sites excluding steroid dienone is 1. The molecule has 8 nitrogen and oxygen atoms in total. The number of aryl methyl sites for hydroxylation is 2. The molecular formula is C27H30N4O4. The number of benzene rings is 2. The zero-order chi connectivity index (χ0) is 25.3. The molecule has 1 aliphatic heterocycles. The van der Waals surface area contributed by atoms with Gasteiger partial charge >= 0.3 is 6.03 Å². The molecule has 182 valence electrons. The molecule has 0 radical (unpaired) electrons. The van der Waals surface area contributed by atoms with E-state index in [1.807, 2.05) is 58.9 Å². The lowest BCUT2D eigenvalue weighted by atomic mass is 9.92. The van der Waals surface area contributed by atoms with Gasteiger partial charge in [0, 0.05) is 11.3 Å². The molecule has 0 fully saturated rings. The molecule has 4 rings (SSSR count). The summed E-state index contributed by atoms with van der Waals surface area (Å²) in [6, 6.07) is 12.8. The number of amides is 3. The Kier molecular flexibility index (Phi) is 6.39. The van der Waals surface area contributed by atoms with E-state index in [0.29, 0.717) is 29.4 Å². The maximum atomic E-state index is 12.9. The number of carbonyl (C=O) groups excluding carboxylic acids is 2. The molecule has 0 unspecified atom stereocenters. The molecule has 2 heterocycles. The lowest BCUT2D eigenvalue weighted by molar-refractivity contribution is -0.121. The van der Waals surface area contributed by atoms with Crippen molar-refractivity contribution in [3.05, 3.63) is 77.2 Å². The number of urea groups is 1. The number of hydrogen-bond donors (Lipinski definition) is 2. The Hall–Kier alpha value is -4.07. The summed E-state index contributed by atoms with van der Waals surface area (Å²) in [7, 11) is 0. The molecule has 0 spiro atoms. The van der Waals surface area contributed by atoms with Crippen molar-refractivity contribution in [1.29, 1.82) is 0 Å². The number of ether oxygens (including phenoxy) is 1. The molecule has 2 aromatic carbocycles. The predicted molar refractivity (Wildman–Crippen MR) is 135 cm³/mol. The topological polar surface area (TPSA) is 96.7 Å². The Labute approximate surface area is 204 Å². The van der Waals surface area contributed by atoms with Gasteiger partial charge in [-0.2, -0.15) is 0 Å². The first-order valence-corrected chi connectivity index (χ1v) is 11.4. The van der Waals surface area contributed by atoms with Crippen molar-refractivity contribution >= 4 is 28.9 Å². The van der Waals surface area contributed by atoms with E-state index in [9.17, 15) is 9.59 Å². The van der Waals surface area contributed by atoms with Crippen molar-refractivity contribution in [1.82, 2.24) is 10.5 Å². The second kappa shape index (κ2) is 9.29. The normalized spacial score (nSPS) is 13.2. The highest BCUT2D eigenvalue weighted by molar-refractivity contribution is 5.99. The summed E-state index contributed by atoms with van der Waals surface area (Å²) in [5, 5.41) is 9.89. The number of nitrogens with one attached hydrogen (secondary N) is 2. The van der Waals surface area contributed by atoms with Gasteiger partial charge in [0.1, 0.15) is 11.5 Å². The van der Waals surface area contributed by atoms with Crippen LogP contribution in [0.4, 0.5) is 16.2 Å². The van der Waals surface area contributed by atoms with Crippen LogP contribution in [0.3, 0.4) is 0 Å². The Morgan fingerprint density at radius 3 is 2.66 bits per heavy atom. The van der Waals surface area contributed by atoms with E-state index in [-0.39, 0.29) is 18.5 Å². The number of nitrogens with zero attached hydrogens (tertiary/aromatic N) is 2. The molecule has 8 heteroatoms. The van der Waals surface area contributed by atoms with Gasteiger partial charge in [-0.05, 0) is 70.0 Å². The number of aromatic nitrogens is 1. The molecule has 1 aliphatic rings. The monoisotopic (exact) mass is 474 g/mol. The highest BCUT2D eigenvalue weighted by atomic mass is 16.5. The van der Waals surface area contributed by atoms with Gasteiger partial charge < -0.3 is 24.8 Å². The van der Waals surface area contributed by atoms with Gasteiger partial charge in [0.2, 0.25) is 0 Å². The Morgan fingerprint density at radius 2 is 1.97 bits per heavy atom. The number of fused-ring (bicyclic) bond motifs is 1. The fourth-order valence-corrected chi connectivity index (χ4v) is 4.03. The lowest BCUT2D eigenvalue weighted by Gasteiger charge is -2.30. The highest BCUT2D eigenvalue weighted by Crippen LogP contribution is 2.36. The van der Waals surface area contributed by atoms with Crippen LogP contribution < -0.4 is 20.3 Å². The number of carbonyl (C=O) groups is 2. The summed E-state index contributed by atoms with van der Waals surface area (Å²) in [4.78, 5) is 27.2. The van der Waals surface area contributed by atoms with Gasteiger partial charge in [0.15, 0.2) is 6.61 Å². The summed E-state index contributed by atoms with van der Waals surface area (Å²) in [5.41, 5.74) is 5.01. The molecule has 3 amide bonds. The minimum Gasteiger partial charge on any atom is -0.482 e. The highest BCUT2D eigenvalue weighted by Gasteiger charge is 2.29. The molecule has 0 saturated heterocycles. The van der Waals surface area contributed by atoms with Gasteiger partial charge in [0.25, 0.3) is 5.91 Å². The molecule has 0 bridgehead atoms. The zero-order valence-corrected chi connectivity index (χ0v) is 20.7. The number of anilines is 2. The van der Waals surface area contributed by atoms with E-state index in [4.69, 9.17) is 9.26 Å². The van der Waals surface area contributed by atoms with E-state index in [2.05, 4.69) is 22.4 Å². The van der Waals surface area contributed by atoms with Crippen LogP contribution in [-0.4, -0.2) is 23.7 Å². The van der Waals surface area contributed by atoms with Crippen LogP contribution in [0, 0.1) is 13.8 Å². The first kappa shape index (κ1) is 24.1. The van der Waals surface area contributed by atoms with E-state index < -0.39 is 5.54 Å². The van der Waals surface area contributed by atoms with Crippen molar-refractivity contribution in [2.45, 2.75) is 46.7 Å². The molecule has 0 saturated carbocycles. The third kappa shape index (κ3) is 5.06.